The van der Waals surface area contributed by atoms with Crippen LogP contribution in [-0.4, -0.2) is 17.9 Å². The number of amides is 2. The number of nitrogens with one attached hydrogen (secondary N) is 2. The largest absolute Gasteiger partial charge is 0.349 e. The van der Waals surface area contributed by atoms with Crippen molar-refractivity contribution in [3.8, 4) is 0 Å². The van der Waals surface area contributed by atoms with Crippen molar-refractivity contribution in [3.63, 3.8) is 0 Å². The van der Waals surface area contributed by atoms with Gasteiger partial charge < -0.3 is 10.6 Å². The Morgan fingerprint density at radius 3 is 2.46 bits per heavy atom. The lowest BCUT2D eigenvalue weighted by Crippen LogP contribution is -2.27. The summed E-state index contributed by atoms with van der Waals surface area (Å²) in [5, 5.41) is 8.05. The van der Waals surface area contributed by atoms with E-state index in [0.29, 0.717) is 11.3 Å². The van der Waals surface area contributed by atoms with E-state index in [1.807, 2.05) is 54.6 Å². The average Bonchev–Trinajstić information content (AvgIpc) is 3.46. The molecule has 26 heavy (non-hydrogen) atoms. The zero-order chi connectivity index (χ0) is 17.9. The molecule has 0 unspecified atom stereocenters. The number of hydrogen-bond donors (Lipinski definition) is 2. The van der Waals surface area contributed by atoms with E-state index in [0.717, 1.165) is 29.2 Å². The Kier molecular flexibility index (Phi) is 4.40. The van der Waals surface area contributed by atoms with E-state index in [1.54, 1.807) is 12.1 Å². The molecule has 1 aliphatic carbocycles. The van der Waals surface area contributed by atoms with Crippen LogP contribution in [0.4, 0.5) is 5.69 Å². The second-order valence-corrected chi connectivity index (χ2v) is 6.66. The number of hydrogen-bond acceptors (Lipinski definition) is 2. The Bertz CT molecular complexity index is 971. The topological polar surface area (TPSA) is 58.2 Å². The Morgan fingerprint density at radius 2 is 1.62 bits per heavy atom. The lowest BCUT2D eigenvalue weighted by molar-refractivity contribution is -0.115. The molecule has 1 saturated carbocycles. The van der Waals surface area contributed by atoms with Crippen molar-refractivity contribution in [2.24, 2.45) is 0 Å². The van der Waals surface area contributed by atoms with Gasteiger partial charge in [0, 0.05) is 6.04 Å². The quantitative estimate of drug-likeness (QED) is 0.737. The Hall–Kier alpha value is -3.14. The summed E-state index contributed by atoms with van der Waals surface area (Å²) < 4.78 is 0. The van der Waals surface area contributed by atoms with Gasteiger partial charge in [-0.25, -0.2) is 0 Å². The van der Waals surface area contributed by atoms with Crippen molar-refractivity contribution in [2.75, 3.05) is 5.32 Å². The third kappa shape index (κ3) is 3.59. The summed E-state index contributed by atoms with van der Waals surface area (Å²) in [6.07, 6.45) is 2.32. The first-order valence-corrected chi connectivity index (χ1v) is 8.87. The van der Waals surface area contributed by atoms with Gasteiger partial charge in [0.2, 0.25) is 5.91 Å². The van der Waals surface area contributed by atoms with Crippen LogP contribution in [-0.2, 0) is 11.2 Å². The molecule has 2 N–H and O–H groups in total. The van der Waals surface area contributed by atoms with E-state index in [9.17, 15) is 9.59 Å². The summed E-state index contributed by atoms with van der Waals surface area (Å²) >= 11 is 0. The summed E-state index contributed by atoms with van der Waals surface area (Å²) in [7, 11) is 0. The Morgan fingerprint density at radius 1 is 0.885 bits per heavy atom. The number of fused-ring (bicyclic) bond motifs is 1. The minimum absolute atomic E-state index is 0.131. The molecule has 0 spiro atoms. The van der Waals surface area contributed by atoms with Crippen LogP contribution in [0.5, 0.6) is 0 Å². The highest BCUT2D eigenvalue weighted by molar-refractivity contribution is 6.04. The first-order chi connectivity index (χ1) is 12.7. The van der Waals surface area contributed by atoms with Gasteiger partial charge in [-0.3, -0.25) is 9.59 Å². The van der Waals surface area contributed by atoms with Gasteiger partial charge >= 0.3 is 0 Å². The molecule has 3 aromatic rings. The number of carbonyl (C=O) groups is 2. The van der Waals surface area contributed by atoms with Crippen LogP contribution in [0.1, 0.15) is 28.8 Å². The number of carbonyl (C=O) groups excluding carboxylic acids is 2. The SMILES string of the molecule is O=C(Cc1cccc2ccccc12)Nc1ccccc1C(=O)NC1CC1. The van der Waals surface area contributed by atoms with Crippen molar-refractivity contribution < 1.29 is 9.59 Å². The highest BCUT2D eigenvalue weighted by atomic mass is 16.2. The molecule has 0 bridgehead atoms. The smallest absolute Gasteiger partial charge is 0.253 e. The van der Waals surface area contributed by atoms with Crippen LogP contribution < -0.4 is 10.6 Å². The first-order valence-electron chi connectivity index (χ1n) is 8.87. The van der Waals surface area contributed by atoms with E-state index in [4.69, 9.17) is 0 Å². The maximum atomic E-state index is 12.6. The molecule has 1 fully saturated rings. The Labute approximate surface area is 152 Å². The van der Waals surface area contributed by atoms with Crippen LogP contribution >= 0.6 is 0 Å². The van der Waals surface area contributed by atoms with Crippen LogP contribution in [0.2, 0.25) is 0 Å². The fourth-order valence-corrected chi connectivity index (χ4v) is 3.09. The third-order valence-corrected chi connectivity index (χ3v) is 4.59. The van der Waals surface area contributed by atoms with E-state index < -0.39 is 0 Å². The molecule has 0 saturated heterocycles. The van der Waals surface area contributed by atoms with E-state index in [-0.39, 0.29) is 24.3 Å². The number of para-hydroxylation sites is 1. The first kappa shape index (κ1) is 16.3. The normalized spacial score (nSPS) is 13.4. The molecule has 4 rings (SSSR count). The van der Waals surface area contributed by atoms with E-state index in [2.05, 4.69) is 10.6 Å². The van der Waals surface area contributed by atoms with Gasteiger partial charge in [0.1, 0.15) is 0 Å². The molecule has 0 heterocycles. The third-order valence-electron chi connectivity index (χ3n) is 4.59. The van der Waals surface area contributed by atoms with Gasteiger partial charge in [-0.2, -0.15) is 0 Å². The monoisotopic (exact) mass is 344 g/mol. The van der Waals surface area contributed by atoms with Gasteiger partial charge in [-0.1, -0.05) is 54.6 Å². The maximum Gasteiger partial charge on any atom is 0.253 e. The molecule has 130 valence electrons. The molecular formula is C22H20N2O2. The van der Waals surface area contributed by atoms with Crippen molar-refractivity contribution in [1.82, 2.24) is 5.32 Å². The molecule has 3 aromatic carbocycles. The summed E-state index contributed by atoms with van der Waals surface area (Å²) in [6.45, 7) is 0. The van der Waals surface area contributed by atoms with Crippen molar-refractivity contribution >= 4 is 28.3 Å². The molecule has 0 aliphatic heterocycles. The predicted octanol–water partition coefficient (Wildman–Crippen LogP) is 3.91. The number of anilines is 1. The number of rotatable bonds is 5. The summed E-state index contributed by atoms with van der Waals surface area (Å²) in [4.78, 5) is 25.0. The number of benzene rings is 3. The summed E-state index contributed by atoms with van der Waals surface area (Å²) in [6, 6.07) is 21.4. The molecule has 0 atom stereocenters. The zero-order valence-corrected chi connectivity index (χ0v) is 14.4. The van der Waals surface area contributed by atoms with Gasteiger partial charge in [-0.15, -0.1) is 0 Å². The van der Waals surface area contributed by atoms with Crippen LogP contribution in [0.3, 0.4) is 0 Å². The van der Waals surface area contributed by atoms with Crippen LogP contribution in [0.15, 0.2) is 66.7 Å². The highest BCUT2D eigenvalue weighted by Crippen LogP contribution is 2.22. The average molecular weight is 344 g/mol. The molecule has 2 amide bonds. The molecular weight excluding hydrogens is 324 g/mol. The Balaban J connectivity index is 1.52. The minimum Gasteiger partial charge on any atom is -0.349 e. The second-order valence-electron chi connectivity index (χ2n) is 6.66. The fourth-order valence-electron chi connectivity index (χ4n) is 3.09. The second kappa shape index (κ2) is 7.00. The van der Waals surface area contributed by atoms with E-state index in [1.165, 1.54) is 0 Å². The summed E-state index contributed by atoms with van der Waals surface area (Å²) in [5.41, 5.74) is 2.03. The van der Waals surface area contributed by atoms with Crippen LogP contribution in [0.25, 0.3) is 10.8 Å². The van der Waals surface area contributed by atoms with Crippen LogP contribution in [0, 0.1) is 0 Å². The standard InChI is InChI=1S/C22H20N2O2/c25-21(14-16-8-5-7-15-6-1-2-9-18(15)16)24-20-11-4-3-10-19(20)22(26)23-17-12-13-17/h1-11,17H,12-14H2,(H,23,26)(H,24,25). The molecule has 4 nitrogen and oxygen atoms in total. The zero-order valence-electron chi connectivity index (χ0n) is 14.4. The predicted molar refractivity (Wildman–Crippen MR) is 103 cm³/mol. The van der Waals surface area contributed by atoms with Crippen molar-refractivity contribution in [3.05, 3.63) is 77.9 Å². The molecule has 0 aromatic heterocycles. The molecule has 0 radical (unpaired) electrons. The van der Waals surface area contributed by atoms with Gasteiger partial charge in [0.15, 0.2) is 0 Å². The maximum absolute atomic E-state index is 12.6. The van der Waals surface area contributed by atoms with Crippen molar-refractivity contribution in [1.29, 1.82) is 0 Å². The van der Waals surface area contributed by atoms with Gasteiger partial charge in [0.25, 0.3) is 5.91 Å². The van der Waals surface area contributed by atoms with E-state index >= 15 is 0 Å². The van der Waals surface area contributed by atoms with Gasteiger partial charge in [0.05, 0.1) is 17.7 Å². The summed E-state index contributed by atoms with van der Waals surface area (Å²) in [5.74, 6) is -0.262. The fraction of sp³-hybridized carbons (Fsp3) is 0.182. The lowest BCUT2D eigenvalue weighted by Gasteiger charge is -2.12. The van der Waals surface area contributed by atoms with Gasteiger partial charge in [-0.05, 0) is 41.3 Å². The highest BCUT2D eigenvalue weighted by Gasteiger charge is 2.25. The molecule has 1 aliphatic rings. The molecule has 4 heteroatoms. The van der Waals surface area contributed by atoms with Crippen molar-refractivity contribution in [2.45, 2.75) is 25.3 Å². The lowest BCUT2D eigenvalue weighted by atomic mass is 10.0. The minimum atomic E-state index is -0.131.